The molecule has 0 radical (unpaired) electrons. The topological polar surface area (TPSA) is 13.1 Å². The molecule has 0 fully saturated rings. The number of nitrogens with zero attached hydrogens (tertiary/aromatic N) is 3. The van der Waals surface area contributed by atoms with Crippen molar-refractivity contribution in [2.24, 2.45) is 0 Å². The Morgan fingerprint density at radius 1 is 0.275 bits per heavy atom. The van der Waals surface area contributed by atoms with Crippen LogP contribution in [0.3, 0.4) is 0 Å². The number of aromatic nitrogens is 2. The van der Waals surface area contributed by atoms with Crippen LogP contribution in [0.4, 0.5) is 17.1 Å². The molecule has 0 N–H and O–H groups in total. The molecule has 0 spiro atoms. The highest BCUT2D eigenvalue weighted by molar-refractivity contribution is 6.12. The molecule has 0 amide bonds. The Morgan fingerprint density at radius 3 is 1.43 bits per heavy atom. The number of rotatable bonds is 6. The number of para-hydroxylation sites is 5. The molecule has 3 heteroatoms. The zero-order chi connectivity index (χ0) is 33.7. The Balaban J connectivity index is 1.16. The van der Waals surface area contributed by atoms with Crippen LogP contribution in [-0.2, 0) is 0 Å². The Labute approximate surface area is 296 Å². The predicted molar refractivity (Wildman–Crippen MR) is 215 cm³/mol. The molecular weight excluding hydrogens is 619 g/mol. The Morgan fingerprint density at radius 2 is 0.745 bits per heavy atom. The van der Waals surface area contributed by atoms with Crippen molar-refractivity contribution in [3.05, 3.63) is 200 Å². The summed E-state index contributed by atoms with van der Waals surface area (Å²) in [6.45, 7) is 0. The van der Waals surface area contributed by atoms with Gasteiger partial charge in [0.1, 0.15) is 0 Å². The van der Waals surface area contributed by atoms with Crippen molar-refractivity contribution < 1.29 is 0 Å². The second-order valence-electron chi connectivity index (χ2n) is 13.0. The fraction of sp³-hybridized carbons (Fsp3) is 0. The van der Waals surface area contributed by atoms with E-state index in [1.165, 1.54) is 60.4 Å². The molecule has 240 valence electrons. The van der Waals surface area contributed by atoms with E-state index in [-0.39, 0.29) is 0 Å². The van der Waals surface area contributed by atoms with Gasteiger partial charge >= 0.3 is 0 Å². The number of hydrogen-bond donors (Lipinski definition) is 0. The van der Waals surface area contributed by atoms with Gasteiger partial charge in [0.2, 0.25) is 0 Å². The summed E-state index contributed by atoms with van der Waals surface area (Å²) in [5.41, 5.74) is 12.8. The molecular formula is C48H33N3. The van der Waals surface area contributed by atoms with E-state index in [9.17, 15) is 0 Å². The first-order chi connectivity index (χ1) is 25.3. The third-order valence-corrected chi connectivity index (χ3v) is 10.1. The van der Waals surface area contributed by atoms with E-state index in [1.54, 1.807) is 0 Å². The van der Waals surface area contributed by atoms with E-state index < -0.39 is 0 Å². The van der Waals surface area contributed by atoms with E-state index in [0.717, 1.165) is 22.7 Å². The summed E-state index contributed by atoms with van der Waals surface area (Å²) >= 11 is 0. The lowest BCUT2D eigenvalue weighted by molar-refractivity contribution is 1.17. The van der Waals surface area contributed by atoms with Crippen LogP contribution in [0.15, 0.2) is 200 Å². The van der Waals surface area contributed by atoms with Crippen LogP contribution in [-0.4, -0.2) is 9.13 Å². The minimum atomic E-state index is 1.10. The monoisotopic (exact) mass is 651 g/mol. The Hall–Kier alpha value is -6.84. The normalized spacial score (nSPS) is 11.5. The molecule has 10 aromatic rings. The van der Waals surface area contributed by atoms with Crippen molar-refractivity contribution >= 4 is 60.7 Å². The summed E-state index contributed by atoms with van der Waals surface area (Å²) in [4.78, 5) is 2.32. The van der Waals surface area contributed by atoms with Crippen LogP contribution >= 0.6 is 0 Å². The van der Waals surface area contributed by atoms with Gasteiger partial charge in [-0.1, -0.05) is 115 Å². The third-order valence-electron chi connectivity index (χ3n) is 10.1. The number of fused-ring (bicyclic) bond motifs is 6. The van der Waals surface area contributed by atoms with E-state index in [0.29, 0.717) is 0 Å². The first kappa shape index (κ1) is 29.1. The first-order valence-electron chi connectivity index (χ1n) is 17.4. The van der Waals surface area contributed by atoms with E-state index >= 15 is 0 Å². The van der Waals surface area contributed by atoms with Gasteiger partial charge in [0, 0.05) is 50.0 Å². The zero-order valence-corrected chi connectivity index (χ0v) is 27.9. The van der Waals surface area contributed by atoms with Crippen LogP contribution in [0.1, 0.15) is 0 Å². The second kappa shape index (κ2) is 11.9. The van der Waals surface area contributed by atoms with Gasteiger partial charge in [-0.15, -0.1) is 0 Å². The van der Waals surface area contributed by atoms with Gasteiger partial charge in [-0.25, -0.2) is 0 Å². The Bertz CT molecular complexity index is 2810. The summed E-state index contributed by atoms with van der Waals surface area (Å²) in [7, 11) is 0. The van der Waals surface area contributed by atoms with Gasteiger partial charge < -0.3 is 14.0 Å². The van der Waals surface area contributed by atoms with E-state index in [2.05, 4.69) is 214 Å². The van der Waals surface area contributed by atoms with Crippen molar-refractivity contribution in [2.45, 2.75) is 0 Å². The van der Waals surface area contributed by atoms with Crippen molar-refractivity contribution in [1.29, 1.82) is 0 Å². The average Bonchev–Trinajstić information content (AvgIpc) is 3.71. The van der Waals surface area contributed by atoms with Gasteiger partial charge in [-0.3, -0.25) is 0 Å². The average molecular weight is 652 g/mol. The highest BCUT2D eigenvalue weighted by atomic mass is 15.1. The molecule has 0 saturated heterocycles. The van der Waals surface area contributed by atoms with Crippen LogP contribution in [0.2, 0.25) is 0 Å². The van der Waals surface area contributed by atoms with E-state index in [4.69, 9.17) is 0 Å². The summed E-state index contributed by atoms with van der Waals surface area (Å²) in [5.74, 6) is 0. The molecule has 0 bridgehead atoms. The molecule has 0 unspecified atom stereocenters. The van der Waals surface area contributed by atoms with Crippen LogP contribution in [0.5, 0.6) is 0 Å². The van der Waals surface area contributed by atoms with Gasteiger partial charge in [-0.05, 0) is 96.1 Å². The molecule has 2 aromatic heterocycles. The summed E-state index contributed by atoms with van der Waals surface area (Å²) in [6.07, 6.45) is 0. The highest BCUT2D eigenvalue weighted by Crippen LogP contribution is 2.40. The summed E-state index contributed by atoms with van der Waals surface area (Å²) in [5, 5.41) is 4.99. The van der Waals surface area contributed by atoms with Crippen LogP contribution in [0.25, 0.3) is 66.1 Å². The van der Waals surface area contributed by atoms with Gasteiger partial charge in [0.25, 0.3) is 0 Å². The fourth-order valence-corrected chi connectivity index (χ4v) is 7.81. The molecule has 0 atom stereocenters. The third kappa shape index (κ3) is 4.82. The minimum Gasteiger partial charge on any atom is -0.310 e. The van der Waals surface area contributed by atoms with Crippen molar-refractivity contribution in [3.8, 4) is 22.5 Å². The Kier molecular flexibility index (Phi) is 6.81. The lowest BCUT2D eigenvalue weighted by Crippen LogP contribution is -2.10. The molecule has 0 saturated carbocycles. The maximum Gasteiger partial charge on any atom is 0.0547 e. The standard InChI is InChI=1S/C48H33N3/c1-4-15-36(16-5-1)49(37-17-6-2-7-18-37)39-21-14-22-40(33-39)51-45-25-12-10-23-41(45)43-29-27-35(32-48(43)51)34-28-30-47-44(31-34)42-24-11-13-26-46(42)50(47)38-19-8-3-9-20-38/h1-33H. The quantitative estimate of drug-likeness (QED) is 0.174. The van der Waals surface area contributed by atoms with Crippen LogP contribution < -0.4 is 4.90 Å². The van der Waals surface area contributed by atoms with Crippen molar-refractivity contribution in [2.75, 3.05) is 4.90 Å². The zero-order valence-electron chi connectivity index (χ0n) is 27.9. The molecule has 8 aromatic carbocycles. The van der Waals surface area contributed by atoms with Crippen molar-refractivity contribution in [3.63, 3.8) is 0 Å². The predicted octanol–water partition coefficient (Wildman–Crippen LogP) is 13.0. The summed E-state index contributed by atoms with van der Waals surface area (Å²) in [6, 6.07) is 72.1. The largest absolute Gasteiger partial charge is 0.310 e. The molecule has 2 heterocycles. The maximum atomic E-state index is 2.42. The first-order valence-corrected chi connectivity index (χ1v) is 17.4. The highest BCUT2D eigenvalue weighted by Gasteiger charge is 2.18. The lowest BCUT2D eigenvalue weighted by Gasteiger charge is -2.26. The number of anilines is 3. The maximum absolute atomic E-state index is 2.42. The fourth-order valence-electron chi connectivity index (χ4n) is 7.81. The molecule has 0 aliphatic rings. The number of hydrogen-bond acceptors (Lipinski definition) is 1. The smallest absolute Gasteiger partial charge is 0.0547 e. The molecule has 51 heavy (non-hydrogen) atoms. The van der Waals surface area contributed by atoms with E-state index in [1.807, 2.05) is 0 Å². The SMILES string of the molecule is c1ccc(N(c2ccccc2)c2cccc(-n3c4ccccc4c4ccc(-c5ccc6c(c5)c5ccccc5n6-c5ccccc5)cc43)c2)cc1. The molecule has 10 rings (SSSR count). The molecule has 0 aliphatic carbocycles. The molecule has 0 aliphatic heterocycles. The van der Waals surface area contributed by atoms with Gasteiger partial charge in [0.05, 0.1) is 22.1 Å². The minimum absolute atomic E-state index is 1.10. The van der Waals surface area contributed by atoms with Gasteiger partial charge in [-0.2, -0.15) is 0 Å². The molecule has 3 nitrogen and oxygen atoms in total. The van der Waals surface area contributed by atoms with Crippen LogP contribution in [0, 0.1) is 0 Å². The summed E-state index contributed by atoms with van der Waals surface area (Å²) < 4.78 is 4.79. The number of benzene rings is 8. The second-order valence-corrected chi connectivity index (χ2v) is 13.0. The lowest BCUT2D eigenvalue weighted by atomic mass is 10.0. The van der Waals surface area contributed by atoms with Gasteiger partial charge in [0.15, 0.2) is 0 Å². The van der Waals surface area contributed by atoms with Crippen molar-refractivity contribution in [1.82, 2.24) is 9.13 Å².